The van der Waals surface area contributed by atoms with Gasteiger partial charge >= 0.3 is 0 Å². The van der Waals surface area contributed by atoms with Crippen molar-refractivity contribution < 1.29 is 4.74 Å². The van der Waals surface area contributed by atoms with E-state index in [4.69, 9.17) is 4.74 Å². The fourth-order valence-electron chi connectivity index (χ4n) is 1.66. The third-order valence-electron chi connectivity index (χ3n) is 2.71. The molecule has 0 aliphatic rings. The summed E-state index contributed by atoms with van der Waals surface area (Å²) in [6.07, 6.45) is 1.13. The fourth-order valence-corrected chi connectivity index (χ4v) is 2.29. The van der Waals surface area contributed by atoms with Crippen molar-refractivity contribution >= 4 is 15.9 Å². The Morgan fingerprint density at radius 3 is 2.67 bits per heavy atom. The van der Waals surface area contributed by atoms with Crippen LogP contribution in [0.2, 0.25) is 0 Å². The summed E-state index contributed by atoms with van der Waals surface area (Å²) in [4.78, 5) is 0. The molecule has 102 valence electrons. The summed E-state index contributed by atoms with van der Waals surface area (Å²) < 4.78 is 6.16. The molecule has 0 amide bonds. The number of hydrogen-bond donors (Lipinski definition) is 2. The van der Waals surface area contributed by atoms with Gasteiger partial charge in [-0.3, -0.25) is 0 Å². The lowest BCUT2D eigenvalue weighted by atomic mass is 10.1. The van der Waals surface area contributed by atoms with Crippen molar-refractivity contribution in [1.82, 2.24) is 10.6 Å². The standard InChI is InChI=1S/C14H23BrN2O/c1-12-4-5-13(14(15)10-12)11-17-7-3-6-16-8-9-18-2/h4-5,10,16-17H,3,6-9,11H2,1-2H3. The highest BCUT2D eigenvalue weighted by atomic mass is 79.9. The average Bonchev–Trinajstić information content (AvgIpc) is 2.35. The molecule has 0 heterocycles. The Morgan fingerprint density at radius 2 is 1.94 bits per heavy atom. The second-order valence-electron chi connectivity index (χ2n) is 4.37. The Bertz CT molecular complexity index is 345. The van der Waals surface area contributed by atoms with Gasteiger partial charge in [-0.2, -0.15) is 0 Å². The largest absolute Gasteiger partial charge is 0.383 e. The van der Waals surface area contributed by atoms with Gasteiger partial charge in [-0.15, -0.1) is 0 Å². The highest BCUT2D eigenvalue weighted by Crippen LogP contribution is 2.17. The third kappa shape index (κ3) is 6.50. The van der Waals surface area contributed by atoms with Crippen LogP contribution in [0.15, 0.2) is 22.7 Å². The summed E-state index contributed by atoms with van der Waals surface area (Å²) in [5, 5.41) is 6.78. The molecule has 0 saturated carbocycles. The molecule has 0 unspecified atom stereocenters. The summed E-state index contributed by atoms with van der Waals surface area (Å²) >= 11 is 3.59. The van der Waals surface area contributed by atoms with E-state index in [2.05, 4.69) is 51.7 Å². The van der Waals surface area contributed by atoms with E-state index in [0.717, 1.165) is 39.2 Å². The Labute approximate surface area is 118 Å². The molecule has 1 aromatic carbocycles. The summed E-state index contributed by atoms with van der Waals surface area (Å²) in [7, 11) is 1.72. The molecule has 1 aromatic rings. The van der Waals surface area contributed by atoms with Crippen LogP contribution in [0.25, 0.3) is 0 Å². The van der Waals surface area contributed by atoms with Crippen LogP contribution in [-0.2, 0) is 11.3 Å². The van der Waals surface area contributed by atoms with E-state index >= 15 is 0 Å². The highest BCUT2D eigenvalue weighted by Gasteiger charge is 1.99. The minimum Gasteiger partial charge on any atom is -0.383 e. The monoisotopic (exact) mass is 314 g/mol. The summed E-state index contributed by atoms with van der Waals surface area (Å²) in [6, 6.07) is 6.47. The molecule has 0 aliphatic heterocycles. The Morgan fingerprint density at radius 1 is 1.17 bits per heavy atom. The molecule has 1 rings (SSSR count). The first-order valence-electron chi connectivity index (χ1n) is 6.39. The zero-order valence-corrected chi connectivity index (χ0v) is 12.8. The van der Waals surface area contributed by atoms with Crippen LogP contribution in [-0.4, -0.2) is 33.4 Å². The van der Waals surface area contributed by atoms with Crippen LogP contribution in [0.4, 0.5) is 0 Å². The Balaban J connectivity index is 2.07. The summed E-state index contributed by atoms with van der Waals surface area (Å²) in [5.41, 5.74) is 2.60. The minimum atomic E-state index is 0.781. The molecule has 18 heavy (non-hydrogen) atoms. The molecule has 0 aromatic heterocycles. The smallest absolute Gasteiger partial charge is 0.0587 e. The van der Waals surface area contributed by atoms with Crippen LogP contribution in [0, 0.1) is 6.92 Å². The molecule has 3 nitrogen and oxygen atoms in total. The van der Waals surface area contributed by atoms with E-state index in [0.29, 0.717) is 0 Å². The fraction of sp³-hybridized carbons (Fsp3) is 0.571. The number of rotatable bonds is 9. The predicted molar refractivity (Wildman–Crippen MR) is 79.9 cm³/mol. The van der Waals surface area contributed by atoms with E-state index in [1.165, 1.54) is 15.6 Å². The lowest BCUT2D eigenvalue weighted by molar-refractivity contribution is 0.199. The molecule has 2 N–H and O–H groups in total. The summed E-state index contributed by atoms with van der Waals surface area (Å²) in [5.74, 6) is 0. The van der Waals surface area contributed by atoms with Gasteiger partial charge in [-0.25, -0.2) is 0 Å². The van der Waals surface area contributed by atoms with Gasteiger partial charge in [0.15, 0.2) is 0 Å². The summed E-state index contributed by atoms with van der Waals surface area (Å²) in [6.45, 7) is 6.79. The first kappa shape index (κ1) is 15.6. The number of nitrogens with one attached hydrogen (secondary N) is 2. The van der Waals surface area contributed by atoms with Gasteiger partial charge in [0.05, 0.1) is 6.61 Å². The van der Waals surface area contributed by atoms with Crippen LogP contribution >= 0.6 is 15.9 Å². The van der Waals surface area contributed by atoms with E-state index < -0.39 is 0 Å². The Hall–Kier alpha value is -0.420. The van der Waals surface area contributed by atoms with Crippen LogP contribution in [0.3, 0.4) is 0 Å². The van der Waals surface area contributed by atoms with E-state index in [1.54, 1.807) is 7.11 Å². The van der Waals surface area contributed by atoms with Crippen LogP contribution in [0.1, 0.15) is 17.5 Å². The number of benzene rings is 1. The van der Waals surface area contributed by atoms with Gasteiger partial charge in [0.1, 0.15) is 0 Å². The topological polar surface area (TPSA) is 33.3 Å². The molecule has 0 saturated heterocycles. The van der Waals surface area contributed by atoms with Gasteiger partial charge in [-0.05, 0) is 43.6 Å². The molecule has 0 radical (unpaired) electrons. The molecular formula is C14H23BrN2O. The lowest BCUT2D eigenvalue weighted by Gasteiger charge is -2.08. The van der Waals surface area contributed by atoms with Crippen molar-refractivity contribution in [2.24, 2.45) is 0 Å². The maximum absolute atomic E-state index is 4.97. The third-order valence-corrected chi connectivity index (χ3v) is 3.45. The normalized spacial score (nSPS) is 10.8. The zero-order chi connectivity index (χ0) is 13.2. The van der Waals surface area contributed by atoms with Crippen molar-refractivity contribution in [3.63, 3.8) is 0 Å². The maximum Gasteiger partial charge on any atom is 0.0587 e. The van der Waals surface area contributed by atoms with Crippen molar-refractivity contribution in [2.45, 2.75) is 19.9 Å². The van der Waals surface area contributed by atoms with Crippen LogP contribution in [0.5, 0.6) is 0 Å². The quantitative estimate of drug-likeness (QED) is 0.687. The number of aryl methyl sites for hydroxylation is 1. The molecule has 0 atom stereocenters. The van der Waals surface area contributed by atoms with Crippen molar-refractivity contribution in [2.75, 3.05) is 33.4 Å². The van der Waals surface area contributed by atoms with E-state index in [9.17, 15) is 0 Å². The van der Waals surface area contributed by atoms with Gasteiger partial charge in [-0.1, -0.05) is 28.1 Å². The molecule has 4 heteroatoms. The van der Waals surface area contributed by atoms with Crippen molar-refractivity contribution in [3.05, 3.63) is 33.8 Å². The highest BCUT2D eigenvalue weighted by molar-refractivity contribution is 9.10. The van der Waals surface area contributed by atoms with Gasteiger partial charge in [0.2, 0.25) is 0 Å². The molecule has 0 spiro atoms. The number of halogens is 1. The van der Waals surface area contributed by atoms with E-state index in [-0.39, 0.29) is 0 Å². The van der Waals surface area contributed by atoms with Crippen molar-refractivity contribution in [3.8, 4) is 0 Å². The van der Waals surface area contributed by atoms with Crippen molar-refractivity contribution in [1.29, 1.82) is 0 Å². The number of ether oxygens (including phenoxy) is 1. The number of hydrogen-bond acceptors (Lipinski definition) is 3. The zero-order valence-electron chi connectivity index (χ0n) is 11.3. The molecular weight excluding hydrogens is 292 g/mol. The SMILES string of the molecule is COCCNCCCNCc1ccc(C)cc1Br. The van der Waals surface area contributed by atoms with Crippen LogP contribution < -0.4 is 10.6 Å². The van der Waals surface area contributed by atoms with Gasteiger partial charge in [0.25, 0.3) is 0 Å². The number of methoxy groups -OCH3 is 1. The lowest BCUT2D eigenvalue weighted by Crippen LogP contribution is -2.24. The maximum atomic E-state index is 4.97. The second-order valence-corrected chi connectivity index (χ2v) is 5.22. The second kappa shape index (κ2) is 9.50. The van der Waals surface area contributed by atoms with E-state index in [1.807, 2.05) is 0 Å². The molecule has 0 aliphatic carbocycles. The first-order valence-corrected chi connectivity index (χ1v) is 7.18. The minimum absolute atomic E-state index is 0.781. The first-order chi connectivity index (χ1) is 8.74. The van der Waals surface area contributed by atoms with Gasteiger partial charge < -0.3 is 15.4 Å². The Kier molecular flexibility index (Phi) is 8.25. The predicted octanol–water partition coefficient (Wildman–Crippen LogP) is 2.47. The average molecular weight is 315 g/mol. The molecule has 0 bridgehead atoms. The molecule has 0 fully saturated rings. The van der Waals surface area contributed by atoms with Gasteiger partial charge in [0, 0.05) is 24.7 Å².